The molecule has 0 fully saturated rings. The SMILES string of the molecule is CC(Nc1cncnc1)c1ccc(F)cn1. The van der Waals surface area contributed by atoms with Gasteiger partial charge in [-0.2, -0.15) is 0 Å². The second kappa shape index (κ2) is 4.65. The van der Waals surface area contributed by atoms with Gasteiger partial charge in [0.05, 0.1) is 36.0 Å². The molecule has 82 valence electrons. The molecule has 0 saturated heterocycles. The first-order chi connectivity index (χ1) is 7.75. The van der Waals surface area contributed by atoms with Gasteiger partial charge in [-0.25, -0.2) is 14.4 Å². The van der Waals surface area contributed by atoms with E-state index in [1.807, 2.05) is 6.92 Å². The van der Waals surface area contributed by atoms with Gasteiger partial charge >= 0.3 is 0 Å². The topological polar surface area (TPSA) is 50.7 Å². The number of halogens is 1. The predicted octanol–water partition coefficient (Wildman–Crippen LogP) is 2.18. The molecule has 0 bridgehead atoms. The van der Waals surface area contributed by atoms with Crippen LogP contribution in [0.25, 0.3) is 0 Å². The van der Waals surface area contributed by atoms with Crippen LogP contribution >= 0.6 is 0 Å². The molecule has 5 heteroatoms. The van der Waals surface area contributed by atoms with E-state index >= 15 is 0 Å². The summed E-state index contributed by atoms with van der Waals surface area (Å²) in [6.07, 6.45) is 6.01. The lowest BCUT2D eigenvalue weighted by Gasteiger charge is -2.13. The lowest BCUT2D eigenvalue weighted by atomic mass is 10.2. The molecule has 2 rings (SSSR count). The summed E-state index contributed by atoms with van der Waals surface area (Å²) in [6.45, 7) is 1.94. The smallest absolute Gasteiger partial charge is 0.141 e. The molecule has 0 spiro atoms. The Labute approximate surface area is 92.6 Å². The Kier molecular flexibility index (Phi) is 3.05. The fourth-order valence-corrected chi connectivity index (χ4v) is 1.34. The van der Waals surface area contributed by atoms with E-state index in [9.17, 15) is 4.39 Å². The molecule has 0 aromatic carbocycles. The zero-order chi connectivity index (χ0) is 11.4. The summed E-state index contributed by atoms with van der Waals surface area (Å²) in [4.78, 5) is 11.8. The van der Waals surface area contributed by atoms with Crippen molar-refractivity contribution < 1.29 is 4.39 Å². The standard InChI is InChI=1S/C11H11FN4/c1-8(11-3-2-9(12)4-15-11)16-10-5-13-7-14-6-10/h2-8,16H,1H3. The third-order valence-corrected chi connectivity index (χ3v) is 2.14. The number of hydrogen-bond acceptors (Lipinski definition) is 4. The van der Waals surface area contributed by atoms with E-state index in [-0.39, 0.29) is 11.9 Å². The molecule has 1 N–H and O–H groups in total. The zero-order valence-corrected chi connectivity index (χ0v) is 8.76. The van der Waals surface area contributed by atoms with E-state index in [0.717, 1.165) is 11.4 Å². The lowest BCUT2D eigenvalue weighted by molar-refractivity contribution is 0.617. The highest BCUT2D eigenvalue weighted by molar-refractivity contribution is 5.39. The number of nitrogens with one attached hydrogen (secondary N) is 1. The van der Waals surface area contributed by atoms with Gasteiger partial charge < -0.3 is 5.32 Å². The Morgan fingerprint density at radius 1 is 1.19 bits per heavy atom. The van der Waals surface area contributed by atoms with Crippen LogP contribution in [-0.4, -0.2) is 15.0 Å². The van der Waals surface area contributed by atoms with Crippen molar-refractivity contribution in [2.75, 3.05) is 5.32 Å². The molecule has 0 radical (unpaired) electrons. The van der Waals surface area contributed by atoms with Gasteiger partial charge in [0.1, 0.15) is 12.1 Å². The van der Waals surface area contributed by atoms with Gasteiger partial charge in [-0.1, -0.05) is 0 Å². The molecule has 2 heterocycles. The molecule has 0 aliphatic carbocycles. The molecule has 0 amide bonds. The molecule has 0 saturated carbocycles. The minimum absolute atomic E-state index is 0.0217. The largest absolute Gasteiger partial charge is 0.374 e. The highest BCUT2D eigenvalue weighted by atomic mass is 19.1. The fraction of sp³-hybridized carbons (Fsp3) is 0.182. The third-order valence-electron chi connectivity index (χ3n) is 2.14. The van der Waals surface area contributed by atoms with E-state index in [1.54, 1.807) is 18.5 Å². The van der Waals surface area contributed by atoms with Crippen LogP contribution in [0.4, 0.5) is 10.1 Å². The highest BCUT2D eigenvalue weighted by Gasteiger charge is 2.06. The highest BCUT2D eigenvalue weighted by Crippen LogP contribution is 2.15. The minimum Gasteiger partial charge on any atom is -0.374 e. The summed E-state index contributed by atoms with van der Waals surface area (Å²) in [6, 6.07) is 3.02. The molecule has 1 atom stereocenters. The van der Waals surface area contributed by atoms with Crippen LogP contribution in [0.3, 0.4) is 0 Å². The predicted molar refractivity (Wildman–Crippen MR) is 58.3 cm³/mol. The molecular formula is C11H11FN4. The van der Waals surface area contributed by atoms with Crippen molar-refractivity contribution in [3.63, 3.8) is 0 Å². The van der Waals surface area contributed by atoms with Crippen molar-refractivity contribution in [2.45, 2.75) is 13.0 Å². The second-order valence-corrected chi connectivity index (χ2v) is 3.39. The number of nitrogens with zero attached hydrogens (tertiary/aromatic N) is 3. The van der Waals surface area contributed by atoms with Crippen LogP contribution in [0.1, 0.15) is 18.7 Å². The molecule has 2 aromatic rings. The fourth-order valence-electron chi connectivity index (χ4n) is 1.34. The van der Waals surface area contributed by atoms with Crippen LogP contribution in [0.5, 0.6) is 0 Å². The summed E-state index contributed by atoms with van der Waals surface area (Å²) in [7, 11) is 0. The van der Waals surface area contributed by atoms with Gasteiger partial charge in [0.2, 0.25) is 0 Å². The van der Waals surface area contributed by atoms with E-state index in [2.05, 4.69) is 20.3 Å². The van der Waals surface area contributed by atoms with E-state index in [0.29, 0.717) is 0 Å². The summed E-state index contributed by atoms with van der Waals surface area (Å²) in [5.74, 6) is -0.334. The third kappa shape index (κ3) is 2.50. The normalized spacial score (nSPS) is 12.1. The molecule has 16 heavy (non-hydrogen) atoms. The summed E-state index contributed by atoms with van der Waals surface area (Å²) < 4.78 is 12.7. The number of anilines is 1. The Balaban J connectivity index is 2.09. The summed E-state index contributed by atoms with van der Waals surface area (Å²) in [5, 5.41) is 3.17. The van der Waals surface area contributed by atoms with Crippen molar-refractivity contribution in [1.82, 2.24) is 15.0 Å². The quantitative estimate of drug-likeness (QED) is 0.857. The van der Waals surface area contributed by atoms with Crippen molar-refractivity contribution in [2.24, 2.45) is 0 Å². The number of rotatable bonds is 3. The van der Waals surface area contributed by atoms with Crippen LogP contribution in [0.15, 0.2) is 37.1 Å². The Morgan fingerprint density at radius 2 is 1.94 bits per heavy atom. The van der Waals surface area contributed by atoms with Crippen molar-refractivity contribution >= 4 is 5.69 Å². The molecular weight excluding hydrogens is 207 g/mol. The van der Waals surface area contributed by atoms with E-state index in [4.69, 9.17) is 0 Å². The Bertz CT molecular complexity index is 443. The molecule has 0 aliphatic heterocycles. The zero-order valence-electron chi connectivity index (χ0n) is 8.76. The molecule has 0 aliphatic rings. The van der Waals surface area contributed by atoms with Crippen LogP contribution in [0, 0.1) is 5.82 Å². The van der Waals surface area contributed by atoms with Gasteiger partial charge in [-0.15, -0.1) is 0 Å². The molecule has 4 nitrogen and oxygen atoms in total. The van der Waals surface area contributed by atoms with Crippen LogP contribution in [0.2, 0.25) is 0 Å². The Morgan fingerprint density at radius 3 is 2.56 bits per heavy atom. The first kappa shape index (κ1) is 10.5. The van der Waals surface area contributed by atoms with Gasteiger partial charge in [0, 0.05) is 0 Å². The monoisotopic (exact) mass is 218 g/mol. The summed E-state index contributed by atoms with van der Waals surface area (Å²) in [5.41, 5.74) is 1.58. The molecule has 2 aromatic heterocycles. The van der Waals surface area contributed by atoms with Crippen LogP contribution in [-0.2, 0) is 0 Å². The van der Waals surface area contributed by atoms with Gasteiger partial charge in [0.15, 0.2) is 0 Å². The number of pyridine rings is 1. The average Bonchev–Trinajstić information content (AvgIpc) is 2.31. The maximum atomic E-state index is 12.7. The van der Waals surface area contributed by atoms with Crippen molar-refractivity contribution in [3.05, 3.63) is 48.6 Å². The summed E-state index contributed by atoms with van der Waals surface area (Å²) >= 11 is 0. The van der Waals surface area contributed by atoms with Gasteiger partial charge in [0.25, 0.3) is 0 Å². The average molecular weight is 218 g/mol. The second-order valence-electron chi connectivity index (χ2n) is 3.39. The van der Waals surface area contributed by atoms with Gasteiger partial charge in [-0.05, 0) is 19.1 Å². The van der Waals surface area contributed by atoms with E-state index < -0.39 is 0 Å². The lowest BCUT2D eigenvalue weighted by Crippen LogP contribution is -2.08. The maximum Gasteiger partial charge on any atom is 0.141 e. The number of hydrogen-bond donors (Lipinski definition) is 1. The first-order valence-electron chi connectivity index (χ1n) is 4.88. The Hall–Kier alpha value is -2.04. The van der Waals surface area contributed by atoms with Crippen molar-refractivity contribution in [3.8, 4) is 0 Å². The minimum atomic E-state index is -0.334. The van der Waals surface area contributed by atoms with E-state index in [1.165, 1.54) is 18.6 Å². The van der Waals surface area contributed by atoms with Crippen LogP contribution < -0.4 is 5.32 Å². The van der Waals surface area contributed by atoms with Crippen molar-refractivity contribution in [1.29, 1.82) is 0 Å². The maximum absolute atomic E-state index is 12.7. The molecule has 1 unspecified atom stereocenters. The van der Waals surface area contributed by atoms with Gasteiger partial charge in [-0.3, -0.25) is 4.98 Å². The first-order valence-corrected chi connectivity index (χ1v) is 4.88. The number of aromatic nitrogens is 3.